The van der Waals surface area contributed by atoms with Crippen LogP contribution in [-0.4, -0.2) is 26.6 Å². The van der Waals surface area contributed by atoms with Crippen LogP contribution >= 0.6 is 0 Å². The van der Waals surface area contributed by atoms with Gasteiger partial charge in [-0.3, -0.25) is 4.68 Å². The SMILES string of the molecule is OCCc1ccc(O)c(-c2cnn(C3CCCCC3)c2)c1. The summed E-state index contributed by atoms with van der Waals surface area (Å²) in [5.74, 6) is 0.264. The van der Waals surface area contributed by atoms with Gasteiger partial charge in [-0.05, 0) is 37.0 Å². The molecule has 1 saturated carbocycles. The fourth-order valence-corrected chi connectivity index (χ4v) is 3.12. The van der Waals surface area contributed by atoms with E-state index in [0.29, 0.717) is 12.5 Å². The van der Waals surface area contributed by atoms with E-state index in [2.05, 4.69) is 5.10 Å². The lowest BCUT2D eigenvalue weighted by Gasteiger charge is -2.21. The first-order chi connectivity index (χ1) is 10.3. The van der Waals surface area contributed by atoms with Crippen LogP contribution in [0.1, 0.15) is 43.7 Å². The second-order valence-electron chi connectivity index (χ2n) is 5.83. The molecule has 112 valence electrons. The number of hydrogen-bond donors (Lipinski definition) is 2. The molecule has 1 aromatic carbocycles. The van der Waals surface area contributed by atoms with Crippen molar-refractivity contribution in [3.05, 3.63) is 36.2 Å². The lowest BCUT2D eigenvalue weighted by atomic mass is 9.96. The first-order valence-electron chi connectivity index (χ1n) is 7.75. The molecule has 0 atom stereocenters. The molecular weight excluding hydrogens is 264 g/mol. The molecule has 0 unspecified atom stereocenters. The Bertz CT molecular complexity index is 601. The molecule has 0 spiro atoms. The molecule has 0 radical (unpaired) electrons. The van der Waals surface area contributed by atoms with Crippen molar-refractivity contribution in [3.63, 3.8) is 0 Å². The van der Waals surface area contributed by atoms with E-state index in [0.717, 1.165) is 16.7 Å². The molecule has 0 aliphatic heterocycles. The number of aliphatic hydroxyl groups excluding tert-OH is 1. The van der Waals surface area contributed by atoms with Gasteiger partial charge in [-0.25, -0.2) is 0 Å². The van der Waals surface area contributed by atoms with Crippen molar-refractivity contribution in [3.8, 4) is 16.9 Å². The quantitative estimate of drug-likeness (QED) is 0.906. The van der Waals surface area contributed by atoms with Gasteiger partial charge in [0.05, 0.1) is 12.2 Å². The van der Waals surface area contributed by atoms with E-state index in [1.54, 1.807) is 6.07 Å². The lowest BCUT2D eigenvalue weighted by molar-refractivity contribution is 0.299. The van der Waals surface area contributed by atoms with Crippen molar-refractivity contribution >= 4 is 0 Å². The van der Waals surface area contributed by atoms with Gasteiger partial charge in [0.25, 0.3) is 0 Å². The summed E-state index contributed by atoms with van der Waals surface area (Å²) in [5, 5.41) is 23.6. The summed E-state index contributed by atoms with van der Waals surface area (Å²) in [6.45, 7) is 0.117. The van der Waals surface area contributed by atoms with Gasteiger partial charge in [-0.1, -0.05) is 25.3 Å². The highest BCUT2D eigenvalue weighted by atomic mass is 16.3. The summed E-state index contributed by atoms with van der Waals surface area (Å²) < 4.78 is 2.05. The van der Waals surface area contributed by atoms with Gasteiger partial charge in [0.2, 0.25) is 0 Å². The molecule has 0 bridgehead atoms. The summed E-state index contributed by atoms with van der Waals surface area (Å²) in [6, 6.07) is 5.97. The Hall–Kier alpha value is -1.81. The Kier molecular flexibility index (Phi) is 4.25. The molecule has 1 fully saturated rings. The van der Waals surface area contributed by atoms with E-state index in [1.807, 2.05) is 29.2 Å². The largest absolute Gasteiger partial charge is 0.507 e. The van der Waals surface area contributed by atoms with Crippen molar-refractivity contribution in [2.45, 2.75) is 44.6 Å². The fourth-order valence-electron chi connectivity index (χ4n) is 3.12. The summed E-state index contributed by atoms with van der Waals surface area (Å²) in [5.41, 5.74) is 2.76. The Morgan fingerprint density at radius 2 is 2.00 bits per heavy atom. The Balaban J connectivity index is 1.86. The monoisotopic (exact) mass is 286 g/mol. The third-order valence-corrected chi connectivity index (χ3v) is 4.32. The Labute approximate surface area is 125 Å². The number of aromatic hydroxyl groups is 1. The van der Waals surface area contributed by atoms with Crippen LogP contribution in [0.5, 0.6) is 5.75 Å². The van der Waals surface area contributed by atoms with Crippen LogP contribution in [0, 0.1) is 0 Å². The highest BCUT2D eigenvalue weighted by Gasteiger charge is 2.17. The van der Waals surface area contributed by atoms with E-state index >= 15 is 0 Å². The van der Waals surface area contributed by atoms with Crippen molar-refractivity contribution in [2.24, 2.45) is 0 Å². The number of aliphatic hydroxyl groups is 1. The van der Waals surface area contributed by atoms with Crippen LogP contribution < -0.4 is 0 Å². The maximum Gasteiger partial charge on any atom is 0.123 e. The molecule has 1 aliphatic rings. The van der Waals surface area contributed by atoms with Crippen molar-refractivity contribution in [1.29, 1.82) is 0 Å². The number of benzene rings is 1. The van der Waals surface area contributed by atoms with E-state index in [4.69, 9.17) is 5.11 Å². The number of hydrogen-bond acceptors (Lipinski definition) is 3. The summed E-state index contributed by atoms with van der Waals surface area (Å²) in [4.78, 5) is 0. The van der Waals surface area contributed by atoms with Gasteiger partial charge in [0.15, 0.2) is 0 Å². The average Bonchev–Trinajstić information content (AvgIpc) is 3.00. The van der Waals surface area contributed by atoms with Gasteiger partial charge in [-0.15, -0.1) is 0 Å². The van der Waals surface area contributed by atoms with Crippen LogP contribution in [-0.2, 0) is 6.42 Å². The molecule has 1 heterocycles. The normalized spacial score (nSPS) is 16.2. The molecule has 21 heavy (non-hydrogen) atoms. The van der Waals surface area contributed by atoms with E-state index < -0.39 is 0 Å². The third-order valence-electron chi connectivity index (χ3n) is 4.32. The van der Waals surface area contributed by atoms with Crippen LogP contribution in [0.15, 0.2) is 30.6 Å². The second-order valence-corrected chi connectivity index (χ2v) is 5.83. The first-order valence-corrected chi connectivity index (χ1v) is 7.75. The molecule has 4 nitrogen and oxygen atoms in total. The summed E-state index contributed by atoms with van der Waals surface area (Å²) >= 11 is 0. The van der Waals surface area contributed by atoms with Gasteiger partial charge in [-0.2, -0.15) is 5.10 Å². The second kappa shape index (κ2) is 6.31. The highest BCUT2D eigenvalue weighted by molar-refractivity contribution is 5.69. The molecule has 2 aromatic rings. The minimum atomic E-state index is 0.117. The highest BCUT2D eigenvalue weighted by Crippen LogP contribution is 2.33. The smallest absolute Gasteiger partial charge is 0.123 e. The predicted molar refractivity (Wildman–Crippen MR) is 82.2 cm³/mol. The van der Waals surface area contributed by atoms with Gasteiger partial charge in [0, 0.05) is 23.9 Å². The summed E-state index contributed by atoms with van der Waals surface area (Å²) in [7, 11) is 0. The molecule has 2 N–H and O–H groups in total. The fraction of sp³-hybridized carbons (Fsp3) is 0.471. The zero-order valence-corrected chi connectivity index (χ0v) is 12.2. The number of rotatable bonds is 4. The number of phenols is 1. The third kappa shape index (κ3) is 3.10. The van der Waals surface area contributed by atoms with Crippen LogP contribution in [0.2, 0.25) is 0 Å². The molecule has 0 amide bonds. The molecular formula is C17H22N2O2. The van der Waals surface area contributed by atoms with Gasteiger partial charge < -0.3 is 10.2 Å². The van der Waals surface area contributed by atoms with Crippen LogP contribution in [0.25, 0.3) is 11.1 Å². The van der Waals surface area contributed by atoms with Crippen LogP contribution in [0.4, 0.5) is 0 Å². The first kappa shape index (κ1) is 14.1. The number of aromatic nitrogens is 2. The molecule has 3 rings (SSSR count). The predicted octanol–water partition coefficient (Wildman–Crippen LogP) is 3.30. The van der Waals surface area contributed by atoms with E-state index in [1.165, 1.54) is 32.1 Å². The van der Waals surface area contributed by atoms with E-state index in [-0.39, 0.29) is 12.4 Å². The maximum atomic E-state index is 10.1. The molecule has 1 aromatic heterocycles. The zero-order chi connectivity index (χ0) is 14.7. The summed E-state index contributed by atoms with van der Waals surface area (Å²) in [6.07, 6.45) is 10.7. The van der Waals surface area contributed by atoms with Crippen LogP contribution in [0.3, 0.4) is 0 Å². The molecule has 4 heteroatoms. The standard InChI is InChI=1S/C17H22N2O2/c20-9-8-13-6-7-17(21)16(10-13)14-11-18-19(12-14)15-4-2-1-3-5-15/h6-7,10-12,15,20-21H,1-5,8-9H2. The maximum absolute atomic E-state index is 10.1. The van der Waals surface area contributed by atoms with Crippen molar-refractivity contribution < 1.29 is 10.2 Å². The lowest BCUT2D eigenvalue weighted by Crippen LogP contribution is -2.12. The zero-order valence-electron chi connectivity index (χ0n) is 12.2. The average molecular weight is 286 g/mol. The van der Waals surface area contributed by atoms with Crippen molar-refractivity contribution in [2.75, 3.05) is 6.61 Å². The van der Waals surface area contributed by atoms with Gasteiger partial charge in [0.1, 0.15) is 5.75 Å². The molecule has 1 aliphatic carbocycles. The Morgan fingerprint density at radius 1 is 1.19 bits per heavy atom. The molecule has 0 saturated heterocycles. The van der Waals surface area contributed by atoms with Crippen molar-refractivity contribution in [1.82, 2.24) is 9.78 Å². The minimum Gasteiger partial charge on any atom is -0.507 e. The Morgan fingerprint density at radius 3 is 2.76 bits per heavy atom. The van der Waals surface area contributed by atoms with Gasteiger partial charge >= 0.3 is 0 Å². The topological polar surface area (TPSA) is 58.3 Å². The minimum absolute atomic E-state index is 0.117. The number of phenolic OH excluding ortho intramolecular Hbond substituents is 1. The van der Waals surface area contributed by atoms with E-state index in [9.17, 15) is 5.11 Å². The number of nitrogens with zero attached hydrogens (tertiary/aromatic N) is 2.